The third kappa shape index (κ3) is 5.41. The maximum atomic E-state index is 5.24. The number of ether oxygens (including phenoxy) is 1. The first-order valence-electron chi connectivity index (χ1n) is 7.41. The second kappa shape index (κ2) is 9.10. The zero-order valence-corrected chi connectivity index (χ0v) is 14.0. The van der Waals surface area contributed by atoms with Crippen LogP contribution in [0.15, 0.2) is 46.8 Å². The molecular formula is C17H23N3OS. The first-order valence-corrected chi connectivity index (χ1v) is 8.29. The molecule has 0 fully saturated rings. The van der Waals surface area contributed by atoms with Crippen molar-refractivity contribution in [3.05, 3.63) is 52.2 Å². The summed E-state index contributed by atoms with van der Waals surface area (Å²) in [5.41, 5.74) is 1.25. The lowest BCUT2D eigenvalue weighted by Gasteiger charge is -2.11. The van der Waals surface area contributed by atoms with Gasteiger partial charge in [-0.25, -0.2) is 0 Å². The third-order valence-electron chi connectivity index (χ3n) is 3.31. The van der Waals surface area contributed by atoms with E-state index in [1.807, 2.05) is 12.1 Å². The van der Waals surface area contributed by atoms with E-state index in [0.29, 0.717) is 0 Å². The van der Waals surface area contributed by atoms with Crippen molar-refractivity contribution >= 4 is 17.3 Å². The van der Waals surface area contributed by atoms with Crippen LogP contribution in [-0.2, 0) is 12.8 Å². The van der Waals surface area contributed by atoms with Gasteiger partial charge >= 0.3 is 0 Å². The van der Waals surface area contributed by atoms with E-state index in [0.717, 1.165) is 37.6 Å². The molecule has 0 aliphatic heterocycles. The lowest BCUT2D eigenvalue weighted by molar-refractivity contribution is 0.414. The lowest BCUT2D eigenvalue weighted by atomic mass is 10.1. The Morgan fingerprint density at radius 2 is 1.95 bits per heavy atom. The number of hydrogen-bond donors (Lipinski definition) is 2. The minimum Gasteiger partial charge on any atom is -0.497 e. The summed E-state index contributed by atoms with van der Waals surface area (Å²) in [7, 11) is 3.49. The molecule has 2 N–H and O–H groups in total. The molecule has 0 saturated heterocycles. The number of hydrogen-bond acceptors (Lipinski definition) is 3. The van der Waals surface area contributed by atoms with Crippen LogP contribution in [0.4, 0.5) is 0 Å². The molecule has 0 spiro atoms. The van der Waals surface area contributed by atoms with Crippen molar-refractivity contribution in [2.45, 2.75) is 12.8 Å². The Morgan fingerprint density at radius 3 is 2.64 bits per heavy atom. The second-order valence-electron chi connectivity index (χ2n) is 4.86. The van der Waals surface area contributed by atoms with Gasteiger partial charge in [-0.2, -0.15) is 0 Å². The first kappa shape index (κ1) is 16.4. The smallest absolute Gasteiger partial charge is 0.190 e. The predicted molar refractivity (Wildman–Crippen MR) is 94.1 cm³/mol. The largest absolute Gasteiger partial charge is 0.497 e. The summed E-state index contributed by atoms with van der Waals surface area (Å²) in [5.74, 6) is 1.75. The molecule has 0 unspecified atom stereocenters. The zero-order valence-electron chi connectivity index (χ0n) is 13.1. The van der Waals surface area contributed by atoms with Crippen molar-refractivity contribution in [1.29, 1.82) is 0 Å². The molecule has 0 saturated carbocycles. The SMILES string of the molecule is CN=C(NCCc1cccc(OC)c1)NCCc1cccs1. The van der Waals surface area contributed by atoms with E-state index in [9.17, 15) is 0 Å². The molecule has 2 rings (SSSR count). The molecule has 0 bridgehead atoms. The molecular weight excluding hydrogens is 294 g/mol. The Hall–Kier alpha value is -2.01. The molecule has 4 nitrogen and oxygen atoms in total. The molecule has 1 aromatic carbocycles. The molecule has 0 amide bonds. The quantitative estimate of drug-likeness (QED) is 0.610. The monoisotopic (exact) mass is 317 g/mol. The van der Waals surface area contributed by atoms with Gasteiger partial charge in [-0.15, -0.1) is 11.3 Å². The molecule has 0 aliphatic rings. The fourth-order valence-electron chi connectivity index (χ4n) is 2.13. The Balaban J connectivity index is 1.69. The van der Waals surface area contributed by atoms with Crippen molar-refractivity contribution in [3.8, 4) is 5.75 Å². The maximum Gasteiger partial charge on any atom is 0.190 e. The number of benzene rings is 1. The van der Waals surface area contributed by atoms with Gasteiger partial charge in [0.2, 0.25) is 0 Å². The minimum atomic E-state index is 0.839. The van der Waals surface area contributed by atoms with Crippen LogP contribution < -0.4 is 15.4 Å². The fraction of sp³-hybridized carbons (Fsp3) is 0.353. The van der Waals surface area contributed by atoms with Gasteiger partial charge in [-0.3, -0.25) is 4.99 Å². The van der Waals surface area contributed by atoms with E-state index in [1.165, 1.54) is 10.4 Å². The lowest BCUT2D eigenvalue weighted by Crippen LogP contribution is -2.39. The van der Waals surface area contributed by atoms with Gasteiger partial charge in [0, 0.05) is 25.0 Å². The van der Waals surface area contributed by atoms with E-state index in [1.54, 1.807) is 25.5 Å². The van der Waals surface area contributed by atoms with Crippen molar-refractivity contribution in [2.24, 2.45) is 4.99 Å². The van der Waals surface area contributed by atoms with Crippen molar-refractivity contribution < 1.29 is 4.74 Å². The normalized spacial score (nSPS) is 11.3. The van der Waals surface area contributed by atoms with Gasteiger partial charge in [0.25, 0.3) is 0 Å². The highest BCUT2D eigenvalue weighted by molar-refractivity contribution is 7.09. The molecule has 0 aliphatic carbocycles. The maximum absolute atomic E-state index is 5.24. The fourth-order valence-corrected chi connectivity index (χ4v) is 2.84. The van der Waals surface area contributed by atoms with E-state index in [2.05, 4.69) is 45.3 Å². The van der Waals surface area contributed by atoms with Crippen LogP contribution in [0.1, 0.15) is 10.4 Å². The highest BCUT2D eigenvalue weighted by atomic mass is 32.1. The van der Waals surface area contributed by atoms with Crippen LogP contribution in [0.5, 0.6) is 5.75 Å². The number of methoxy groups -OCH3 is 1. The molecule has 0 atom stereocenters. The third-order valence-corrected chi connectivity index (χ3v) is 4.24. The average Bonchev–Trinajstić information content (AvgIpc) is 3.07. The second-order valence-corrected chi connectivity index (χ2v) is 5.89. The van der Waals surface area contributed by atoms with E-state index >= 15 is 0 Å². The number of nitrogens with zero attached hydrogens (tertiary/aromatic N) is 1. The van der Waals surface area contributed by atoms with Gasteiger partial charge in [0.15, 0.2) is 5.96 Å². The number of thiophene rings is 1. The van der Waals surface area contributed by atoms with Crippen LogP contribution >= 0.6 is 11.3 Å². The summed E-state index contributed by atoms with van der Waals surface area (Å²) >= 11 is 1.79. The molecule has 1 aromatic heterocycles. The van der Waals surface area contributed by atoms with Crippen molar-refractivity contribution in [2.75, 3.05) is 27.2 Å². The predicted octanol–water partition coefficient (Wildman–Crippen LogP) is 2.71. The summed E-state index contributed by atoms with van der Waals surface area (Å²) in [6.07, 6.45) is 1.96. The van der Waals surface area contributed by atoms with Crippen LogP contribution in [0, 0.1) is 0 Å². The summed E-state index contributed by atoms with van der Waals surface area (Å²) in [4.78, 5) is 5.63. The standard InChI is InChI=1S/C17H23N3OS/c1-18-17(20-11-9-16-7-4-12-22-16)19-10-8-14-5-3-6-15(13-14)21-2/h3-7,12-13H,8-11H2,1-2H3,(H2,18,19,20). The van der Waals surface area contributed by atoms with E-state index < -0.39 is 0 Å². The number of guanidine groups is 1. The van der Waals surface area contributed by atoms with Gasteiger partial charge in [-0.05, 0) is 42.0 Å². The Kier molecular flexibility index (Phi) is 6.77. The molecule has 0 radical (unpaired) electrons. The van der Waals surface area contributed by atoms with Gasteiger partial charge < -0.3 is 15.4 Å². The zero-order chi connectivity index (χ0) is 15.6. The van der Waals surface area contributed by atoms with Gasteiger partial charge in [0.05, 0.1) is 7.11 Å². The first-order chi connectivity index (χ1) is 10.8. The Bertz CT molecular complexity index is 581. The van der Waals surface area contributed by atoms with Crippen molar-refractivity contribution in [3.63, 3.8) is 0 Å². The Labute approximate surface area is 136 Å². The summed E-state index contributed by atoms with van der Waals surface area (Å²) in [6.45, 7) is 1.73. The van der Waals surface area contributed by atoms with Gasteiger partial charge in [0.1, 0.15) is 5.75 Å². The van der Waals surface area contributed by atoms with Crippen molar-refractivity contribution in [1.82, 2.24) is 10.6 Å². The van der Waals surface area contributed by atoms with Crippen LogP contribution in [0.3, 0.4) is 0 Å². The summed E-state index contributed by atoms with van der Waals surface area (Å²) < 4.78 is 5.24. The van der Waals surface area contributed by atoms with Crippen LogP contribution in [0.25, 0.3) is 0 Å². The topological polar surface area (TPSA) is 45.7 Å². The highest BCUT2D eigenvalue weighted by Gasteiger charge is 2.00. The minimum absolute atomic E-state index is 0.839. The molecule has 22 heavy (non-hydrogen) atoms. The molecule has 118 valence electrons. The molecule has 5 heteroatoms. The van der Waals surface area contributed by atoms with Gasteiger partial charge in [-0.1, -0.05) is 18.2 Å². The number of rotatable bonds is 7. The summed E-state index contributed by atoms with van der Waals surface area (Å²) in [6, 6.07) is 12.4. The number of nitrogens with one attached hydrogen (secondary N) is 2. The molecule has 1 heterocycles. The Morgan fingerprint density at radius 1 is 1.14 bits per heavy atom. The average molecular weight is 317 g/mol. The van der Waals surface area contributed by atoms with Crippen LogP contribution in [-0.4, -0.2) is 33.2 Å². The number of aliphatic imine (C=N–C) groups is 1. The van der Waals surface area contributed by atoms with E-state index in [4.69, 9.17) is 4.74 Å². The highest BCUT2D eigenvalue weighted by Crippen LogP contribution is 2.12. The summed E-state index contributed by atoms with van der Waals surface area (Å²) in [5, 5.41) is 8.78. The molecule has 2 aromatic rings. The van der Waals surface area contributed by atoms with E-state index in [-0.39, 0.29) is 0 Å². The van der Waals surface area contributed by atoms with Crippen LogP contribution in [0.2, 0.25) is 0 Å².